The van der Waals surface area contributed by atoms with Crippen LogP contribution in [0.5, 0.6) is 5.75 Å². The van der Waals surface area contributed by atoms with Crippen molar-refractivity contribution in [3.63, 3.8) is 0 Å². The molecular weight excluding hydrogens is 386 g/mol. The van der Waals surface area contributed by atoms with Crippen molar-refractivity contribution in [2.45, 2.75) is 0 Å². The maximum atomic E-state index is 11.1. The molecule has 12 heavy (non-hydrogen) atoms. The van der Waals surface area contributed by atoms with E-state index in [0.29, 0.717) is 3.57 Å². The van der Waals surface area contributed by atoms with Gasteiger partial charge in [0.05, 0.1) is 5.56 Å². The lowest BCUT2D eigenvalue weighted by Crippen LogP contribution is -2.06. The molecule has 0 bridgehead atoms. The summed E-state index contributed by atoms with van der Waals surface area (Å²) >= 11 is 3.81. The van der Waals surface area contributed by atoms with E-state index in [1.165, 1.54) is 6.07 Å². The van der Waals surface area contributed by atoms with Crippen LogP contribution < -0.4 is 5.11 Å². The predicted octanol–water partition coefficient (Wildman–Crippen LogP) is 1.67. The lowest BCUT2D eigenvalue weighted by molar-refractivity contribution is -0.269. The number of rotatable bonds is 1. The summed E-state index contributed by atoms with van der Waals surface area (Å²) in [6.45, 7) is 0. The van der Waals surface area contributed by atoms with Crippen LogP contribution in [0, 0.1) is 7.14 Å². The Morgan fingerprint density at radius 3 is 2.42 bits per heavy atom. The lowest BCUT2D eigenvalue weighted by Gasteiger charge is -2.11. The largest absolute Gasteiger partial charge is 0.872 e. The molecule has 3 nitrogen and oxygen atoms in total. The van der Waals surface area contributed by atoms with E-state index >= 15 is 0 Å². The van der Waals surface area contributed by atoms with Gasteiger partial charge in [-0.1, -0.05) is 11.8 Å². The van der Waals surface area contributed by atoms with E-state index < -0.39 is 11.7 Å². The summed E-state index contributed by atoms with van der Waals surface area (Å²) in [5.41, 5.74) is -0.143. The zero-order chi connectivity index (χ0) is 9.30. The van der Waals surface area contributed by atoms with Crippen molar-refractivity contribution in [1.82, 2.24) is 0 Å². The molecule has 0 spiro atoms. The number of hydrogen-bond donors (Lipinski definition) is 1. The standard InChI is InChI=1S/C7H4I2O3/c8-3-1-4(9)6(7(11)12)5(10)2-3/h1-2,10H,(H,11,12)/p-1. The minimum atomic E-state index is -1.17. The van der Waals surface area contributed by atoms with Crippen LogP contribution in [0.3, 0.4) is 0 Å². The van der Waals surface area contributed by atoms with Gasteiger partial charge in [-0.2, -0.15) is 0 Å². The van der Waals surface area contributed by atoms with E-state index in [-0.39, 0.29) is 5.56 Å². The van der Waals surface area contributed by atoms with Gasteiger partial charge in [-0.25, -0.2) is 4.79 Å². The molecule has 0 fully saturated rings. The molecule has 1 N–H and O–H groups in total. The molecule has 0 unspecified atom stereocenters. The Kier molecular flexibility index (Phi) is 3.16. The highest BCUT2D eigenvalue weighted by Gasteiger charge is 2.08. The van der Waals surface area contributed by atoms with Gasteiger partial charge in [0.1, 0.15) is 0 Å². The van der Waals surface area contributed by atoms with Crippen LogP contribution in [0.1, 0.15) is 10.4 Å². The molecule has 0 saturated carbocycles. The Hall–Kier alpha value is -0.0500. The van der Waals surface area contributed by atoms with Gasteiger partial charge >= 0.3 is 5.97 Å². The summed E-state index contributed by atoms with van der Waals surface area (Å²) in [5.74, 6) is -1.60. The Bertz CT molecular complexity index is 312. The summed E-state index contributed by atoms with van der Waals surface area (Å²) < 4.78 is 1.24. The minimum absolute atomic E-state index is 0.143. The first-order valence-corrected chi connectivity index (χ1v) is 5.07. The highest BCUT2D eigenvalue weighted by molar-refractivity contribution is 14.1. The fourth-order valence-electron chi connectivity index (χ4n) is 0.758. The van der Waals surface area contributed by atoms with Crippen LogP contribution in [0.2, 0.25) is 0 Å². The third kappa shape index (κ3) is 2.00. The molecule has 0 amide bonds. The Morgan fingerprint density at radius 2 is 2.00 bits per heavy atom. The van der Waals surface area contributed by atoms with Crippen molar-refractivity contribution in [3.05, 3.63) is 24.8 Å². The molecule has 0 radical (unpaired) electrons. The van der Waals surface area contributed by atoms with Crippen LogP contribution in [0.15, 0.2) is 12.1 Å². The highest BCUT2D eigenvalue weighted by Crippen LogP contribution is 2.23. The first-order chi connectivity index (χ1) is 5.52. The molecular formula is C7H3I2O3-. The first-order valence-electron chi connectivity index (χ1n) is 2.91. The summed E-state index contributed by atoms with van der Waals surface area (Å²) in [4.78, 5) is 10.5. The second-order valence-corrected chi connectivity index (χ2v) is 4.47. The second kappa shape index (κ2) is 3.77. The van der Waals surface area contributed by atoms with Crippen LogP contribution in [-0.2, 0) is 0 Å². The van der Waals surface area contributed by atoms with E-state index in [4.69, 9.17) is 5.11 Å². The summed E-state index contributed by atoms with van der Waals surface area (Å²) in [6, 6.07) is 2.97. The molecule has 64 valence electrons. The van der Waals surface area contributed by atoms with E-state index in [2.05, 4.69) is 0 Å². The van der Waals surface area contributed by atoms with Crippen LogP contribution >= 0.6 is 45.2 Å². The third-order valence-electron chi connectivity index (χ3n) is 1.23. The zero-order valence-corrected chi connectivity index (χ0v) is 9.99. The average molecular weight is 389 g/mol. The molecule has 1 rings (SSSR count). The highest BCUT2D eigenvalue weighted by atomic mass is 127. The summed E-state index contributed by atoms with van der Waals surface area (Å²) in [5, 5.41) is 19.7. The SMILES string of the molecule is O=C(O)c1c([O-])cc(I)cc1I. The van der Waals surface area contributed by atoms with E-state index in [1.54, 1.807) is 6.07 Å². The average Bonchev–Trinajstić information content (AvgIpc) is 1.82. The van der Waals surface area contributed by atoms with Gasteiger partial charge in [-0.3, -0.25) is 0 Å². The molecule has 0 aliphatic carbocycles. The summed E-state index contributed by atoms with van der Waals surface area (Å²) in [7, 11) is 0. The molecule has 1 aromatic carbocycles. The number of carboxylic acids is 1. The van der Waals surface area contributed by atoms with Crippen LogP contribution in [0.4, 0.5) is 0 Å². The number of hydrogen-bond acceptors (Lipinski definition) is 2. The minimum Gasteiger partial charge on any atom is -0.872 e. The van der Waals surface area contributed by atoms with E-state index in [0.717, 1.165) is 3.57 Å². The quantitative estimate of drug-likeness (QED) is 0.744. The normalized spacial score (nSPS) is 9.83. The smallest absolute Gasteiger partial charge is 0.336 e. The van der Waals surface area contributed by atoms with Crippen molar-refractivity contribution in [1.29, 1.82) is 0 Å². The Labute approximate surface area is 96.1 Å². The van der Waals surface area contributed by atoms with Crippen molar-refractivity contribution in [2.75, 3.05) is 0 Å². The van der Waals surface area contributed by atoms with E-state index in [1.807, 2.05) is 45.2 Å². The zero-order valence-electron chi connectivity index (χ0n) is 5.67. The fourth-order valence-corrected chi connectivity index (χ4v) is 2.78. The molecule has 1 aromatic rings. The Morgan fingerprint density at radius 1 is 1.42 bits per heavy atom. The number of halogens is 2. The van der Waals surface area contributed by atoms with Crippen molar-refractivity contribution in [2.24, 2.45) is 0 Å². The number of carboxylic acid groups (broad SMARTS) is 1. The van der Waals surface area contributed by atoms with Crippen LogP contribution in [-0.4, -0.2) is 11.1 Å². The van der Waals surface area contributed by atoms with E-state index in [9.17, 15) is 9.90 Å². The fraction of sp³-hybridized carbons (Fsp3) is 0. The van der Waals surface area contributed by atoms with Gasteiger partial charge in [0.15, 0.2) is 0 Å². The van der Waals surface area contributed by atoms with Gasteiger partial charge in [-0.15, -0.1) is 0 Å². The van der Waals surface area contributed by atoms with Crippen molar-refractivity contribution in [3.8, 4) is 5.75 Å². The molecule has 5 heteroatoms. The molecule has 0 aliphatic rings. The summed E-state index contributed by atoms with van der Waals surface area (Å²) in [6.07, 6.45) is 0. The van der Waals surface area contributed by atoms with Gasteiger partial charge in [0.25, 0.3) is 0 Å². The topological polar surface area (TPSA) is 60.4 Å². The maximum Gasteiger partial charge on any atom is 0.336 e. The van der Waals surface area contributed by atoms with Gasteiger partial charge in [-0.05, 0) is 51.2 Å². The third-order valence-corrected chi connectivity index (χ3v) is 2.71. The van der Waals surface area contributed by atoms with Gasteiger partial charge in [0.2, 0.25) is 0 Å². The van der Waals surface area contributed by atoms with Crippen LogP contribution in [0.25, 0.3) is 0 Å². The molecule has 0 aliphatic heterocycles. The van der Waals surface area contributed by atoms with Gasteiger partial charge < -0.3 is 10.2 Å². The number of benzene rings is 1. The predicted molar refractivity (Wildman–Crippen MR) is 58.3 cm³/mol. The van der Waals surface area contributed by atoms with Crippen molar-refractivity contribution >= 4 is 51.2 Å². The number of aromatic carboxylic acids is 1. The molecule has 0 aromatic heterocycles. The molecule has 0 atom stereocenters. The molecule has 0 heterocycles. The first kappa shape index (κ1) is 10.0. The Balaban J connectivity index is 3.38. The molecule has 0 saturated heterocycles. The van der Waals surface area contributed by atoms with Gasteiger partial charge in [0, 0.05) is 7.14 Å². The number of carbonyl (C=O) groups is 1. The monoisotopic (exact) mass is 389 g/mol. The lowest BCUT2D eigenvalue weighted by atomic mass is 10.2. The maximum absolute atomic E-state index is 11.1. The second-order valence-electron chi connectivity index (χ2n) is 2.07. The van der Waals surface area contributed by atoms with Crippen molar-refractivity contribution < 1.29 is 15.0 Å².